The Morgan fingerprint density at radius 3 is 2.56 bits per heavy atom. The summed E-state index contributed by atoms with van der Waals surface area (Å²) in [6, 6.07) is -2.26. The Morgan fingerprint density at radius 1 is 1.20 bits per heavy atom. The van der Waals surface area contributed by atoms with E-state index < -0.39 is 34.4 Å². The van der Waals surface area contributed by atoms with Crippen molar-refractivity contribution < 1.29 is 31.6 Å². The van der Waals surface area contributed by atoms with Crippen LogP contribution in [0.1, 0.15) is 19.3 Å². The maximum absolute atomic E-state index is 12.3. The van der Waals surface area contributed by atoms with Gasteiger partial charge in [-0.3, -0.25) is 25.0 Å². The minimum atomic E-state index is -4.83. The van der Waals surface area contributed by atoms with Gasteiger partial charge in [-0.05, 0) is 25.8 Å². The van der Waals surface area contributed by atoms with Crippen LogP contribution in [-0.2, 0) is 24.3 Å². The van der Waals surface area contributed by atoms with E-state index in [0.29, 0.717) is 24.4 Å². The van der Waals surface area contributed by atoms with E-state index >= 15 is 0 Å². The molecule has 0 aromatic rings. The average Bonchev–Trinajstić information content (AvgIpc) is 3.16. The maximum Gasteiger partial charge on any atom is 0.418 e. The van der Waals surface area contributed by atoms with Gasteiger partial charge in [0.1, 0.15) is 6.04 Å². The highest BCUT2D eigenvalue weighted by atomic mass is 32.3. The number of carbonyl (C=O) groups is 3. The molecule has 3 aliphatic heterocycles. The summed E-state index contributed by atoms with van der Waals surface area (Å²) in [6.45, 7) is 1.37. The summed E-state index contributed by atoms with van der Waals surface area (Å²) in [4.78, 5) is 37.5. The molecule has 0 aliphatic carbocycles. The Bertz CT molecular complexity index is 677. The van der Waals surface area contributed by atoms with Gasteiger partial charge in [0, 0.05) is 13.1 Å². The van der Waals surface area contributed by atoms with Crippen LogP contribution in [0.4, 0.5) is 4.79 Å². The van der Waals surface area contributed by atoms with E-state index in [4.69, 9.17) is 4.55 Å². The number of carbonyl (C=O) groups excluding carboxylic acids is 3. The molecule has 3 rings (SSSR count). The molecule has 12 nitrogen and oxygen atoms in total. The molecule has 140 valence electrons. The molecule has 0 spiro atoms. The molecule has 1 unspecified atom stereocenters. The highest BCUT2D eigenvalue weighted by Gasteiger charge is 2.49. The number of urea groups is 1. The van der Waals surface area contributed by atoms with Crippen molar-refractivity contribution in [1.29, 1.82) is 0 Å². The predicted molar refractivity (Wildman–Crippen MR) is 80.6 cm³/mol. The van der Waals surface area contributed by atoms with Gasteiger partial charge < -0.3 is 10.2 Å². The Kier molecular flexibility index (Phi) is 4.81. The van der Waals surface area contributed by atoms with E-state index in [9.17, 15) is 22.8 Å². The average molecular weight is 377 g/mol. The molecular formula is C12H19N5O7S. The molecule has 2 bridgehead atoms. The first kappa shape index (κ1) is 17.8. The number of fused-ring (bicyclic) bond motifs is 2. The van der Waals surface area contributed by atoms with Crippen molar-refractivity contribution in [2.75, 3.05) is 19.6 Å². The number of hydrazine groups is 1. The van der Waals surface area contributed by atoms with E-state index in [1.807, 2.05) is 0 Å². The molecule has 25 heavy (non-hydrogen) atoms. The highest BCUT2D eigenvalue weighted by Crippen LogP contribution is 2.30. The van der Waals surface area contributed by atoms with Crippen LogP contribution in [0.15, 0.2) is 0 Å². The van der Waals surface area contributed by atoms with Crippen molar-refractivity contribution in [3.63, 3.8) is 0 Å². The fourth-order valence-corrected chi connectivity index (χ4v) is 3.68. The number of hydrogen-bond donors (Lipinski definition) is 4. The number of rotatable bonds is 4. The van der Waals surface area contributed by atoms with Crippen LogP contribution in [0.3, 0.4) is 0 Å². The molecule has 3 saturated heterocycles. The highest BCUT2D eigenvalue weighted by molar-refractivity contribution is 7.80. The minimum absolute atomic E-state index is 0.0902. The summed E-state index contributed by atoms with van der Waals surface area (Å²) in [5, 5.41) is 3.60. The maximum atomic E-state index is 12.3. The Morgan fingerprint density at radius 2 is 1.92 bits per heavy atom. The summed E-state index contributed by atoms with van der Waals surface area (Å²) in [5.41, 5.74) is 4.66. The third-order valence-corrected chi connectivity index (χ3v) is 4.89. The van der Waals surface area contributed by atoms with Crippen molar-refractivity contribution in [3.8, 4) is 0 Å². The second-order valence-corrected chi connectivity index (χ2v) is 7.18. The van der Waals surface area contributed by atoms with Crippen molar-refractivity contribution in [1.82, 2.24) is 26.1 Å². The summed E-state index contributed by atoms with van der Waals surface area (Å²) >= 11 is 0. The summed E-state index contributed by atoms with van der Waals surface area (Å²) < 4.78 is 34.7. The molecule has 0 radical (unpaired) electrons. The zero-order chi connectivity index (χ0) is 18.2. The van der Waals surface area contributed by atoms with Gasteiger partial charge in [0.25, 0.3) is 5.91 Å². The number of nitrogens with one attached hydrogen (secondary N) is 3. The third kappa shape index (κ3) is 3.84. The normalized spacial score (nSPS) is 29.0. The van der Waals surface area contributed by atoms with Gasteiger partial charge in [-0.15, -0.1) is 4.28 Å². The number of piperidine rings is 1. The van der Waals surface area contributed by atoms with Gasteiger partial charge in [0.15, 0.2) is 0 Å². The van der Waals surface area contributed by atoms with E-state index in [1.54, 1.807) is 0 Å². The predicted octanol–water partition coefficient (Wildman–Crippen LogP) is -2.25. The van der Waals surface area contributed by atoms with Crippen molar-refractivity contribution in [2.24, 2.45) is 5.92 Å². The standard InChI is InChI=1S/C12H19N5O7S/c18-10(7-3-4-13-5-7)14-15-11(19)9-2-1-8-6-16(9)12(20)17(8)24-25(21,22)23/h7-9,13H,1-6H2,(H,14,18)(H,15,19)(H,21,22,23)/t7-,8-,9?/m1/s1. The quantitative estimate of drug-likeness (QED) is 0.316. The van der Waals surface area contributed by atoms with Crippen molar-refractivity contribution in [2.45, 2.75) is 31.3 Å². The molecule has 0 saturated carbocycles. The molecule has 3 heterocycles. The van der Waals surface area contributed by atoms with E-state index in [-0.39, 0.29) is 24.8 Å². The van der Waals surface area contributed by atoms with Crippen LogP contribution in [0.5, 0.6) is 0 Å². The Balaban J connectivity index is 1.57. The monoisotopic (exact) mass is 377 g/mol. The molecule has 3 atom stereocenters. The summed E-state index contributed by atoms with van der Waals surface area (Å²) in [5.74, 6) is -1.10. The van der Waals surface area contributed by atoms with Crippen LogP contribution in [0.2, 0.25) is 0 Å². The van der Waals surface area contributed by atoms with Crippen LogP contribution < -0.4 is 16.2 Å². The Hall–Kier alpha value is -1.96. The van der Waals surface area contributed by atoms with Crippen molar-refractivity contribution >= 4 is 28.2 Å². The molecule has 3 aliphatic rings. The summed E-state index contributed by atoms with van der Waals surface area (Å²) in [7, 11) is -4.83. The zero-order valence-corrected chi connectivity index (χ0v) is 14.0. The number of hydroxylamine groups is 2. The molecule has 3 fully saturated rings. The molecular weight excluding hydrogens is 358 g/mol. The lowest BCUT2D eigenvalue weighted by atomic mass is 10.0. The summed E-state index contributed by atoms with van der Waals surface area (Å²) in [6.07, 6.45) is 1.27. The van der Waals surface area contributed by atoms with E-state index in [2.05, 4.69) is 20.5 Å². The van der Waals surface area contributed by atoms with Gasteiger partial charge in [-0.2, -0.15) is 13.5 Å². The first-order valence-electron chi connectivity index (χ1n) is 7.83. The molecule has 4 amide bonds. The lowest BCUT2D eigenvalue weighted by molar-refractivity contribution is -0.133. The zero-order valence-electron chi connectivity index (χ0n) is 13.2. The van der Waals surface area contributed by atoms with Crippen molar-refractivity contribution in [3.05, 3.63) is 0 Å². The smallest absolute Gasteiger partial charge is 0.316 e. The molecule has 0 aromatic heterocycles. The van der Waals surface area contributed by atoms with Gasteiger partial charge in [0.05, 0.1) is 12.0 Å². The van der Waals surface area contributed by atoms with Gasteiger partial charge in [-0.25, -0.2) is 4.79 Å². The van der Waals surface area contributed by atoms with Gasteiger partial charge in [-0.1, -0.05) is 0 Å². The molecule has 13 heteroatoms. The third-order valence-electron chi connectivity index (χ3n) is 4.54. The second kappa shape index (κ2) is 6.74. The van der Waals surface area contributed by atoms with E-state index in [1.165, 1.54) is 0 Å². The minimum Gasteiger partial charge on any atom is -0.316 e. The fraction of sp³-hybridized carbons (Fsp3) is 0.750. The van der Waals surface area contributed by atoms with Crippen LogP contribution in [0, 0.1) is 5.92 Å². The molecule has 4 N–H and O–H groups in total. The fourth-order valence-electron chi connectivity index (χ4n) is 3.29. The first-order valence-corrected chi connectivity index (χ1v) is 9.20. The van der Waals surface area contributed by atoms with Gasteiger partial charge in [0.2, 0.25) is 5.91 Å². The van der Waals surface area contributed by atoms with Crippen LogP contribution in [0.25, 0.3) is 0 Å². The Labute approximate surface area is 143 Å². The number of nitrogens with zero attached hydrogens (tertiary/aromatic N) is 2. The van der Waals surface area contributed by atoms with Crippen LogP contribution >= 0.6 is 0 Å². The SMILES string of the molecule is O=C(NNC(=O)[C@@H]1CCNC1)C1CC[C@@H]2CN1C(=O)N2OS(=O)(=O)O. The largest absolute Gasteiger partial charge is 0.418 e. The topological polar surface area (TPSA) is 157 Å². The van der Waals surface area contributed by atoms with Gasteiger partial charge >= 0.3 is 16.4 Å². The van der Waals surface area contributed by atoms with E-state index in [0.717, 1.165) is 11.4 Å². The second-order valence-electron chi connectivity index (χ2n) is 6.18. The number of hydrogen-bond acceptors (Lipinski definition) is 7. The van der Waals surface area contributed by atoms with Crippen LogP contribution in [-0.4, -0.2) is 72.5 Å². The first-order chi connectivity index (χ1) is 11.8. The molecule has 0 aromatic carbocycles. The lowest BCUT2D eigenvalue weighted by Gasteiger charge is -2.29. The lowest BCUT2D eigenvalue weighted by Crippen LogP contribution is -2.55. The number of amides is 4.